The third kappa shape index (κ3) is 2.59. The summed E-state index contributed by atoms with van der Waals surface area (Å²) >= 11 is 0. The summed E-state index contributed by atoms with van der Waals surface area (Å²) in [4.78, 5) is 15.5. The van der Waals surface area contributed by atoms with Gasteiger partial charge in [-0.1, -0.05) is 0 Å². The first-order valence-electron chi connectivity index (χ1n) is 8.27. The van der Waals surface area contributed by atoms with Gasteiger partial charge in [-0.25, -0.2) is 0 Å². The van der Waals surface area contributed by atoms with E-state index in [1.165, 1.54) is 10.9 Å². The maximum Gasteiger partial charge on any atom is 0.249 e. The highest BCUT2D eigenvalue weighted by Gasteiger charge is 2.46. The number of hydrogen-bond donors (Lipinski definition) is 2. The Kier molecular flexibility index (Phi) is 3.53. The molecule has 1 aliphatic carbocycles. The average molecular weight is 314 g/mol. The van der Waals surface area contributed by atoms with Gasteiger partial charge < -0.3 is 19.8 Å². The summed E-state index contributed by atoms with van der Waals surface area (Å²) in [6.45, 7) is 1.38. The van der Waals surface area contributed by atoms with Crippen LogP contribution in [0.3, 0.4) is 0 Å². The minimum Gasteiger partial charge on any atom is -0.497 e. The molecule has 1 aromatic carbocycles. The van der Waals surface area contributed by atoms with E-state index in [1.807, 2.05) is 12.1 Å². The van der Waals surface area contributed by atoms with Gasteiger partial charge in [0.25, 0.3) is 0 Å². The smallest absolute Gasteiger partial charge is 0.249 e. The molecule has 1 amide bonds. The number of aromatic amines is 1. The molecule has 1 atom stereocenters. The Labute approximate surface area is 135 Å². The van der Waals surface area contributed by atoms with Crippen LogP contribution in [0.25, 0.3) is 10.9 Å². The van der Waals surface area contributed by atoms with Crippen molar-refractivity contribution in [3.8, 4) is 5.75 Å². The molecular formula is C18H22N2O3. The third-order valence-corrected chi connectivity index (χ3v) is 5.14. The van der Waals surface area contributed by atoms with E-state index < -0.39 is 0 Å². The van der Waals surface area contributed by atoms with Crippen LogP contribution in [0.1, 0.15) is 31.2 Å². The van der Waals surface area contributed by atoms with Crippen molar-refractivity contribution in [2.45, 2.75) is 37.2 Å². The first-order chi connectivity index (χ1) is 11.2. The quantitative estimate of drug-likeness (QED) is 0.891. The summed E-state index contributed by atoms with van der Waals surface area (Å²) in [5.74, 6) is 0.892. The van der Waals surface area contributed by atoms with Gasteiger partial charge in [-0.3, -0.25) is 4.79 Å². The Bertz CT molecular complexity index is 727. The molecule has 2 aromatic rings. The lowest BCUT2D eigenvalue weighted by atomic mass is 9.95. The minimum atomic E-state index is -0.256. The Morgan fingerprint density at radius 3 is 3.04 bits per heavy atom. The lowest BCUT2D eigenvalue weighted by Crippen LogP contribution is -2.38. The Morgan fingerprint density at radius 2 is 2.35 bits per heavy atom. The van der Waals surface area contributed by atoms with Crippen molar-refractivity contribution < 1.29 is 14.3 Å². The van der Waals surface area contributed by atoms with Crippen LogP contribution in [0, 0.1) is 0 Å². The van der Waals surface area contributed by atoms with Gasteiger partial charge in [0, 0.05) is 35.7 Å². The van der Waals surface area contributed by atoms with Crippen molar-refractivity contribution in [3.63, 3.8) is 0 Å². The molecule has 2 N–H and O–H groups in total. The summed E-state index contributed by atoms with van der Waals surface area (Å²) in [6, 6.07) is 6.07. The van der Waals surface area contributed by atoms with Crippen LogP contribution in [-0.2, 0) is 14.9 Å². The summed E-state index contributed by atoms with van der Waals surface area (Å²) in [5, 5.41) is 4.29. The summed E-state index contributed by atoms with van der Waals surface area (Å²) in [5.41, 5.74) is 2.44. The lowest BCUT2D eigenvalue weighted by Gasteiger charge is -2.17. The van der Waals surface area contributed by atoms with Gasteiger partial charge in [-0.05, 0) is 49.4 Å². The fourth-order valence-electron chi connectivity index (χ4n) is 3.51. The van der Waals surface area contributed by atoms with E-state index in [0.29, 0.717) is 13.2 Å². The van der Waals surface area contributed by atoms with Crippen molar-refractivity contribution in [1.82, 2.24) is 10.3 Å². The number of hydrogen-bond acceptors (Lipinski definition) is 3. The summed E-state index contributed by atoms with van der Waals surface area (Å²) < 4.78 is 10.8. The zero-order chi connectivity index (χ0) is 15.9. The number of ether oxygens (including phenoxy) is 2. The fourth-order valence-corrected chi connectivity index (χ4v) is 3.51. The van der Waals surface area contributed by atoms with Crippen LogP contribution >= 0.6 is 0 Å². The van der Waals surface area contributed by atoms with Crippen molar-refractivity contribution in [3.05, 3.63) is 30.0 Å². The number of methoxy groups -OCH3 is 1. The standard InChI is InChI=1S/C18H22N2O3/c1-22-12-4-5-15-13(9-12)14(10-19-15)18(6-7-18)11-20-17(21)16-3-2-8-23-16/h4-5,9-10,16,19H,2-3,6-8,11H2,1H3,(H,20,21). The molecule has 5 nitrogen and oxygen atoms in total. The van der Waals surface area contributed by atoms with Gasteiger partial charge in [0.05, 0.1) is 7.11 Å². The number of H-pyrrole nitrogens is 1. The molecule has 1 aliphatic heterocycles. The second-order valence-electron chi connectivity index (χ2n) is 6.61. The highest BCUT2D eigenvalue weighted by atomic mass is 16.5. The van der Waals surface area contributed by atoms with Crippen molar-refractivity contribution >= 4 is 16.8 Å². The summed E-state index contributed by atoms with van der Waals surface area (Å²) in [7, 11) is 1.68. The molecule has 2 aliphatic rings. The monoisotopic (exact) mass is 314 g/mol. The molecule has 4 rings (SSSR count). The molecule has 122 valence electrons. The van der Waals surface area contributed by atoms with Gasteiger partial charge in [-0.2, -0.15) is 0 Å². The van der Waals surface area contributed by atoms with E-state index in [0.717, 1.165) is 36.9 Å². The van der Waals surface area contributed by atoms with Crippen LogP contribution < -0.4 is 10.1 Å². The predicted molar refractivity (Wildman–Crippen MR) is 87.7 cm³/mol. The number of rotatable bonds is 5. The molecule has 5 heteroatoms. The molecule has 23 heavy (non-hydrogen) atoms. The second-order valence-corrected chi connectivity index (χ2v) is 6.61. The number of fused-ring (bicyclic) bond motifs is 1. The van der Waals surface area contributed by atoms with Gasteiger partial charge in [0.15, 0.2) is 0 Å². The van der Waals surface area contributed by atoms with Gasteiger partial charge in [0.2, 0.25) is 5.91 Å². The number of nitrogens with one attached hydrogen (secondary N) is 2. The fraction of sp³-hybridized carbons (Fsp3) is 0.500. The van der Waals surface area contributed by atoms with E-state index >= 15 is 0 Å². The average Bonchev–Trinajstić information content (AvgIpc) is 3.02. The zero-order valence-corrected chi connectivity index (χ0v) is 13.4. The predicted octanol–water partition coefficient (Wildman–Crippen LogP) is 2.50. The third-order valence-electron chi connectivity index (χ3n) is 5.14. The lowest BCUT2D eigenvalue weighted by molar-refractivity contribution is -0.130. The first kappa shape index (κ1) is 14.6. The maximum atomic E-state index is 12.2. The Morgan fingerprint density at radius 1 is 1.48 bits per heavy atom. The topological polar surface area (TPSA) is 63.3 Å². The molecule has 0 spiro atoms. The highest BCUT2D eigenvalue weighted by molar-refractivity contribution is 5.86. The number of benzene rings is 1. The largest absolute Gasteiger partial charge is 0.497 e. The van der Waals surface area contributed by atoms with Crippen LogP contribution in [0.4, 0.5) is 0 Å². The van der Waals surface area contributed by atoms with E-state index in [-0.39, 0.29) is 17.4 Å². The highest BCUT2D eigenvalue weighted by Crippen LogP contribution is 2.50. The number of amides is 1. The molecule has 1 saturated carbocycles. The van der Waals surface area contributed by atoms with Gasteiger partial charge >= 0.3 is 0 Å². The SMILES string of the molecule is COc1ccc2[nH]cc(C3(CNC(=O)C4CCCO4)CC3)c2c1. The molecule has 1 unspecified atom stereocenters. The van der Waals surface area contributed by atoms with Crippen LogP contribution in [-0.4, -0.2) is 37.3 Å². The number of carbonyl (C=O) groups is 1. The molecule has 1 aromatic heterocycles. The van der Waals surface area contributed by atoms with Crippen LogP contribution in [0.5, 0.6) is 5.75 Å². The summed E-state index contributed by atoms with van der Waals surface area (Å²) in [6.07, 6.45) is 5.84. The zero-order valence-electron chi connectivity index (χ0n) is 13.4. The van der Waals surface area contributed by atoms with Crippen molar-refractivity contribution in [1.29, 1.82) is 0 Å². The molecule has 2 fully saturated rings. The molecule has 2 heterocycles. The first-order valence-corrected chi connectivity index (χ1v) is 8.27. The van der Waals surface area contributed by atoms with E-state index in [9.17, 15) is 4.79 Å². The van der Waals surface area contributed by atoms with E-state index in [1.54, 1.807) is 7.11 Å². The normalized spacial score (nSPS) is 22.2. The van der Waals surface area contributed by atoms with Gasteiger partial charge in [-0.15, -0.1) is 0 Å². The number of carbonyl (C=O) groups excluding carboxylic acids is 1. The van der Waals surface area contributed by atoms with E-state index in [2.05, 4.69) is 22.6 Å². The second kappa shape index (κ2) is 5.57. The van der Waals surface area contributed by atoms with E-state index in [4.69, 9.17) is 9.47 Å². The van der Waals surface area contributed by atoms with Crippen LogP contribution in [0.15, 0.2) is 24.4 Å². The molecular weight excluding hydrogens is 292 g/mol. The Hall–Kier alpha value is -2.01. The van der Waals surface area contributed by atoms with Crippen molar-refractivity contribution in [2.75, 3.05) is 20.3 Å². The van der Waals surface area contributed by atoms with Crippen molar-refractivity contribution in [2.24, 2.45) is 0 Å². The van der Waals surface area contributed by atoms with Gasteiger partial charge in [0.1, 0.15) is 11.9 Å². The molecule has 1 saturated heterocycles. The number of aromatic nitrogens is 1. The van der Waals surface area contributed by atoms with Crippen LogP contribution in [0.2, 0.25) is 0 Å². The molecule has 0 bridgehead atoms. The molecule has 0 radical (unpaired) electrons. The Balaban J connectivity index is 1.53. The maximum absolute atomic E-state index is 12.2. The minimum absolute atomic E-state index is 0.0335.